The van der Waals surface area contributed by atoms with Gasteiger partial charge in [-0.15, -0.1) is 12.4 Å². The first-order valence-electron chi connectivity index (χ1n) is 8.76. The van der Waals surface area contributed by atoms with E-state index in [2.05, 4.69) is 12.2 Å². The average Bonchev–Trinajstić information content (AvgIpc) is 2.58. The third-order valence-corrected chi connectivity index (χ3v) is 4.45. The van der Waals surface area contributed by atoms with Crippen molar-refractivity contribution in [1.29, 1.82) is 0 Å². The number of hydrogen-bond acceptors (Lipinski definition) is 3. The van der Waals surface area contributed by atoms with E-state index in [1.54, 1.807) is 0 Å². The topological polar surface area (TPSA) is 38.3 Å². The van der Waals surface area contributed by atoms with Gasteiger partial charge < -0.3 is 10.1 Å². The lowest BCUT2D eigenvalue weighted by atomic mass is 9.95. The van der Waals surface area contributed by atoms with Gasteiger partial charge in [0, 0.05) is 12.6 Å². The molecule has 130 valence electrons. The summed E-state index contributed by atoms with van der Waals surface area (Å²) in [5, 5.41) is 3.51. The fourth-order valence-corrected chi connectivity index (χ4v) is 3.22. The summed E-state index contributed by atoms with van der Waals surface area (Å²) >= 11 is 0. The van der Waals surface area contributed by atoms with Crippen molar-refractivity contribution >= 4 is 18.4 Å². The summed E-state index contributed by atoms with van der Waals surface area (Å²) in [4.78, 5) is 12.3. The van der Waals surface area contributed by atoms with Crippen molar-refractivity contribution in [2.75, 3.05) is 13.2 Å². The molecule has 1 N–H and O–H groups in total. The summed E-state index contributed by atoms with van der Waals surface area (Å²) in [5.74, 6) is -0.209. The van der Waals surface area contributed by atoms with Crippen LogP contribution in [0.2, 0.25) is 0 Å². The van der Waals surface area contributed by atoms with Crippen molar-refractivity contribution in [3.8, 4) is 0 Å². The zero-order valence-electron chi connectivity index (χ0n) is 14.1. The van der Waals surface area contributed by atoms with Crippen molar-refractivity contribution in [3.63, 3.8) is 0 Å². The third kappa shape index (κ3) is 6.92. The molecule has 2 rings (SSSR count). The first kappa shape index (κ1) is 20.0. The van der Waals surface area contributed by atoms with Crippen LogP contribution in [0, 0.1) is 0 Å². The molecule has 0 saturated heterocycles. The number of benzene rings is 1. The molecular formula is C19H30ClNO2. The minimum atomic E-state index is -0.124. The van der Waals surface area contributed by atoms with Crippen LogP contribution < -0.4 is 5.32 Å². The Labute approximate surface area is 146 Å². The molecule has 0 aliphatic heterocycles. The van der Waals surface area contributed by atoms with E-state index in [1.165, 1.54) is 32.1 Å². The summed E-state index contributed by atoms with van der Waals surface area (Å²) in [6.07, 6.45) is 8.36. The summed E-state index contributed by atoms with van der Waals surface area (Å²) in [6, 6.07) is 10.6. The van der Waals surface area contributed by atoms with E-state index in [4.69, 9.17) is 4.74 Å². The molecule has 0 aromatic heterocycles. The van der Waals surface area contributed by atoms with E-state index in [0.29, 0.717) is 12.6 Å². The summed E-state index contributed by atoms with van der Waals surface area (Å²) < 4.78 is 5.50. The predicted molar refractivity (Wildman–Crippen MR) is 97.2 cm³/mol. The molecule has 1 fully saturated rings. The second-order valence-corrected chi connectivity index (χ2v) is 6.21. The lowest BCUT2D eigenvalue weighted by molar-refractivity contribution is -0.145. The molecule has 3 nitrogen and oxygen atoms in total. The van der Waals surface area contributed by atoms with Crippen LogP contribution in [-0.4, -0.2) is 25.2 Å². The minimum absolute atomic E-state index is 0. The number of hydrogen-bond donors (Lipinski definition) is 1. The molecule has 1 aromatic rings. The SMILES string of the molecule is CCCC(C(=O)OCCNC1CCCCC1)c1ccccc1.Cl. The molecule has 1 aliphatic carbocycles. The standard InChI is InChI=1S/C19H29NO2.ClH/c1-2-9-18(16-10-5-3-6-11-16)19(21)22-15-14-20-17-12-7-4-8-13-17;/h3,5-6,10-11,17-18,20H,2,4,7-9,12-15H2,1H3;1H. The second kappa shape index (κ2) is 11.5. The predicted octanol–water partition coefficient (Wildman–Crippen LogP) is 4.46. The van der Waals surface area contributed by atoms with E-state index in [9.17, 15) is 4.79 Å². The van der Waals surface area contributed by atoms with Gasteiger partial charge in [0.2, 0.25) is 0 Å². The third-order valence-electron chi connectivity index (χ3n) is 4.45. The second-order valence-electron chi connectivity index (χ2n) is 6.21. The molecule has 1 aromatic carbocycles. The van der Waals surface area contributed by atoms with Crippen molar-refractivity contribution in [2.45, 2.75) is 63.8 Å². The van der Waals surface area contributed by atoms with Gasteiger partial charge in [0.05, 0.1) is 5.92 Å². The number of ether oxygens (including phenoxy) is 1. The van der Waals surface area contributed by atoms with Gasteiger partial charge in [-0.25, -0.2) is 0 Å². The molecule has 0 spiro atoms. The maximum atomic E-state index is 12.3. The van der Waals surface area contributed by atoms with Crippen molar-refractivity contribution in [3.05, 3.63) is 35.9 Å². The Kier molecular flexibility index (Phi) is 9.97. The van der Waals surface area contributed by atoms with E-state index >= 15 is 0 Å². The average molecular weight is 340 g/mol. The van der Waals surface area contributed by atoms with Crippen molar-refractivity contribution < 1.29 is 9.53 Å². The molecule has 0 radical (unpaired) electrons. The number of esters is 1. The van der Waals surface area contributed by atoms with Crippen LogP contribution in [0.3, 0.4) is 0 Å². The Morgan fingerprint density at radius 2 is 1.91 bits per heavy atom. The Morgan fingerprint density at radius 1 is 1.22 bits per heavy atom. The molecule has 1 unspecified atom stereocenters. The maximum Gasteiger partial charge on any atom is 0.313 e. The van der Waals surface area contributed by atoms with E-state index in [0.717, 1.165) is 24.9 Å². The van der Waals surface area contributed by atoms with Gasteiger partial charge in [0.15, 0.2) is 0 Å². The fourth-order valence-electron chi connectivity index (χ4n) is 3.22. The molecule has 0 heterocycles. The summed E-state index contributed by atoms with van der Waals surface area (Å²) in [5.41, 5.74) is 1.06. The summed E-state index contributed by atoms with van der Waals surface area (Å²) in [6.45, 7) is 3.35. The van der Waals surface area contributed by atoms with Crippen molar-refractivity contribution in [2.24, 2.45) is 0 Å². The molecule has 1 aliphatic rings. The van der Waals surface area contributed by atoms with Crippen LogP contribution in [0.5, 0.6) is 0 Å². The Morgan fingerprint density at radius 3 is 2.57 bits per heavy atom. The van der Waals surface area contributed by atoms with Gasteiger partial charge in [0.25, 0.3) is 0 Å². The molecular weight excluding hydrogens is 310 g/mol. The van der Waals surface area contributed by atoms with Gasteiger partial charge in [-0.2, -0.15) is 0 Å². The molecule has 1 atom stereocenters. The van der Waals surface area contributed by atoms with Crippen LogP contribution >= 0.6 is 12.4 Å². The smallest absolute Gasteiger partial charge is 0.313 e. The number of carbonyl (C=O) groups excluding carboxylic acids is 1. The minimum Gasteiger partial charge on any atom is -0.464 e. The Hall–Kier alpha value is -1.06. The highest BCUT2D eigenvalue weighted by Crippen LogP contribution is 2.22. The highest BCUT2D eigenvalue weighted by molar-refractivity contribution is 5.85. The van der Waals surface area contributed by atoms with E-state index in [1.807, 2.05) is 30.3 Å². The molecule has 4 heteroatoms. The van der Waals surface area contributed by atoms with Gasteiger partial charge in [-0.05, 0) is 24.8 Å². The maximum absolute atomic E-state index is 12.3. The fraction of sp³-hybridized carbons (Fsp3) is 0.632. The van der Waals surface area contributed by atoms with Crippen LogP contribution in [0.15, 0.2) is 30.3 Å². The first-order valence-corrected chi connectivity index (χ1v) is 8.76. The Balaban J connectivity index is 0.00000264. The van der Waals surface area contributed by atoms with Crippen LogP contribution in [0.4, 0.5) is 0 Å². The first-order chi connectivity index (χ1) is 10.8. The van der Waals surface area contributed by atoms with Gasteiger partial charge in [0.1, 0.15) is 6.61 Å². The van der Waals surface area contributed by atoms with Crippen LogP contribution in [0.25, 0.3) is 0 Å². The highest BCUT2D eigenvalue weighted by Gasteiger charge is 2.21. The molecule has 0 amide bonds. The molecule has 0 bridgehead atoms. The van der Waals surface area contributed by atoms with Gasteiger partial charge in [-0.3, -0.25) is 4.79 Å². The van der Waals surface area contributed by atoms with E-state index in [-0.39, 0.29) is 24.3 Å². The number of nitrogens with one attached hydrogen (secondary N) is 1. The number of rotatable bonds is 8. The number of carbonyl (C=O) groups is 1. The largest absolute Gasteiger partial charge is 0.464 e. The molecule has 1 saturated carbocycles. The van der Waals surface area contributed by atoms with E-state index < -0.39 is 0 Å². The van der Waals surface area contributed by atoms with Crippen LogP contribution in [0.1, 0.15) is 63.4 Å². The summed E-state index contributed by atoms with van der Waals surface area (Å²) in [7, 11) is 0. The lowest BCUT2D eigenvalue weighted by Crippen LogP contribution is -2.34. The quantitative estimate of drug-likeness (QED) is 0.561. The number of halogens is 1. The highest BCUT2D eigenvalue weighted by atomic mass is 35.5. The molecule has 23 heavy (non-hydrogen) atoms. The van der Waals surface area contributed by atoms with Gasteiger partial charge >= 0.3 is 5.97 Å². The van der Waals surface area contributed by atoms with Gasteiger partial charge in [-0.1, -0.05) is 62.9 Å². The zero-order valence-corrected chi connectivity index (χ0v) is 14.9. The zero-order chi connectivity index (χ0) is 15.6. The Bertz CT molecular complexity index is 432. The van der Waals surface area contributed by atoms with Crippen LogP contribution in [-0.2, 0) is 9.53 Å². The monoisotopic (exact) mass is 339 g/mol. The van der Waals surface area contributed by atoms with Crippen molar-refractivity contribution in [1.82, 2.24) is 5.32 Å². The normalized spacial score (nSPS) is 16.4. The lowest BCUT2D eigenvalue weighted by Gasteiger charge is -2.23.